The van der Waals surface area contributed by atoms with Gasteiger partial charge in [-0.2, -0.15) is 0 Å². The molecule has 2 aliphatic rings. The van der Waals surface area contributed by atoms with E-state index in [1.54, 1.807) is 0 Å². The topological polar surface area (TPSA) is 40.5 Å². The van der Waals surface area contributed by atoms with Crippen LogP contribution in [0.3, 0.4) is 0 Å². The van der Waals surface area contributed by atoms with Gasteiger partial charge in [0, 0.05) is 24.1 Å². The molecule has 1 saturated heterocycles. The van der Waals surface area contributed by atoms with Crippen molar-refractivity contribution in [3.63, 3.8) is 0 Å². The molecule has 3 rings (SSSR count). The van der Waals surface area contributed by atoms with Gasteiger partial charge in [0.25, 0.3) is 5.91 Å². The second-order valence-electron chi connectivity index (χ2n) is 5.12. The van der Waals surface area contributed by atoms with Gasteiger partial charge >= 0.3 is 0 Å². The van der Waals surface area contributed by atoms with Crippen LogP contribution in [0.2, 0.25) is 0 Å². The highest BCUT2D eigenvalue weighted by Crippen LogP contribution is 2.36. The maximum atomic E-state index is 12.3. The van der Waals surface area contributed by atoms with Crippen molar-refractivity contribution in [3.8, 4) is 0 Å². The zero-order valence-corrected chi connectivity index (χ0v) is 9.75. The molecule has 1 aliphatic heterocycles. The fraction of sp³-hybridized carbons (Fsp3) is 0.500. The average molecular weight is 231 g/mol. The van der Waals surface area contributed by atoms with Crippen LogP contribution >= 0.6 is 0 Å². The number of carbonyl (C=O) groups excluding carboxylic acids is 1. The lowest BCUT2D eigenvalue weighted by atomic mass is 9.88. The van der Waals surface area contributed by atoms with Crippen molar-refractivity contribution in [2.45, 2.75) is 31.4 Å². The average Bonchev–Trinajstić information content (AvgIpc) is 2.74. The maximum absolute atomic E-state index is 12.3. The van der Waals surface area contributed by atoms with Crippen molar-refractivity contribution >= 4 is 5.91 Å². The summed E-state index contributed by atoms with van der Waals surface area (Å²) >= 11 is 0. The van der Waals surface area contributed by atoms with Crippen LogP contribution in [0.4, 0.5) is 0 Å². The molecule has 1 aromatic rings. The third-order valence-electron chi connectivity index (χ3n) is 4.07. The van der Waals surface area contributed by atoms with Crippen LogP contribution in [-0.4, -0.2) is 34.6 Å². The summed E-state index contributed by atoms with van der Waals surface area (Å²) in [6.07, 6.45) is 2.55. The SMILES string of the molecule is O=C(c1ccccc1)N1CC2CC1CCC2O. The largest absolute Gasteiger partial charge is 0.393 e. The number of aliphatic hydroxyl groups excluding tert-OH is 1. The van der Waals surface area contributed by atoms with E-state index < -0.39 is 0 Å². The second-order valence-corrected chi connectivity index (χ2v) is 5.12. The predicted octanol–water partition coefficient (Wildman–Crippen LogP) is 1.67. The number of amides is 1. The lowest BCUT2D eigenvalue weighted by Gasteiger charge is -2.25. The molecule has 1 aromatic carbocycles. The maximum Gasteiger partial charge on any atom is 0.254 e. The molecular formula is C14H17NO2. The molecule has 17 heavy (non-hydrogen) atoms. The minimum absolute atomic E-state index is 0.118. The number of carbonyl (C=O) groups is 1. The molecule has 3 heteroatoms. The highest BCUT2D eigenvalue weighted by molar-refractivity contribution is 5.94. The predicted molar refractivity (Wildman–Crippen MR) is 64.6 cm³/mol. The third-order valence-corrected chi connectivity index (χ3v) is 4.07. The monoisotopic (exact) mass is 231 g/mol. The van der Waals surface area contributed by atoms with Crippen molar-refractivity contribution in [3.05, 3.63) is 35.9 Å². The van der Waals surface area contributed by atoms with Gasteiger partial charge in [-0.15, -0.1) is 0 Å². The molecule has 1 heterocycles. The molecule has 0 spiro atoms. The molecule has 1 aliphatic carbocycles. The minimum atomic E-state index is -0.208. The Balaban J connectivity index is 1.80. The highest BCUT2D eigenvalue weighted by atomic mass is 16.3. The van der Waals surface area contributed by atoms with Crippen LogP contribution in [-0.2, 0) is 0 Å². The van der Waals surface area contributed by atoms with Gasteiger partial charge in [-0.3, -0.25) is 4.79 Å². The molecule has 1 amide bonds. The normalized spacial score (nSPS) is 31.6. The summed E-state index contributed by atoms with van der Waals surface area (Å²) in [7, 11) is 0. The Hall–Kier alpha value is -1.35. The molecular weight excluding hydrogens is 214 g/mol. The fourth-order valence-corrected chi connectivity index (χ4v) is 3.10. The van der Waals surface area contributed by atoms with Crippen LogP contribution in [0.1, 0.15) is 29.6 Å². The molecule has 1 N–H and O–H groups in total. The Kier molecular flexibility index (Phi) is 2.63. The van der Waals surface area contributed by atoms with Crippen molar-refractivity contribution in [1.29, 1.82) is 0 Å². The van der Waals surface area contributed by atoms with Gasteiger partial charge in [-0.1, -0.05) is 18.2 Å². The quantitative estimate of drug-likeness (QED) is 0.798. The first kappa shape index (κ1) is 10.8. The van der Waals surface area contributed by atoms with Crippen LogP contribution in [0.25, 0.3) is 0 Å². The van der Waals surface area contributed by atoms with E-state index >= 15 is 0 Å². The number of nitrogens with zero attached hydrogens (tertiary/aromatic N) is 1. The van der Waals surface area contributed by atoms with Crippen molar-refractivity contribution in [1.82, 2.24) is 4.90 Å². The van der Waals surface area contributed by atoms with E-state index in [1.807, 2.05) is 35.2 Å². The molecule has 3 unspecified atom stereocenters. The van der Waals surface area contributed by atoms with Crippen LogP contribution in [0, 0.1) is 5.92 Å². The Morgan fingerprint density at radius 3 is 2.71 bits per heavy atom. The third kappa shape index (κ3) is 1.84. The van der Waals surface area contributed by atoms with E-state index in [0.29, 0.717) is 12.0 Å². The second kappa shape index (κ2) is 4.15. The number of benzene rings is 1. The van der Waals surface area contributed by atoms with Gasteiger partial charge in [-0.05, 0) is 31.4 Å². The van der Waals surface area contributed by atoms with E-state index in [1.165, 1.54) is 0 Å². The van der Waals surface area contributed by atoms with Crippen molar-refractivity contribution in [2.75, 3.05) is 6.54 Å². The first-order chi connectivity index (χ1) is 8.25. The van der Waals surface area contributed by atoms with Gasteiger partial charge in [-0.25, -0.2) is 0 Å². The Morgan fingerprint density at radius 1 is 1.24 bits per heavy atom. The highest BCUT2D eigenvalue weighted by Gasteiger charge is 2.42. The van der Waals surface area contributed by atoms with Crippen LogP contribution < -0.4 is 0 Å². The minimum Gasteiger partial charge on any atom is -0.393 e. The number of hydrogen-bond acceptors (Lipinski definition) is 2. The molecule has 2 fully saturated rings. The Morgan fingerprint density at radius 2 is 2.00 bits per heavy atom. The van der Waals surface area contributed by atoms with Crippen molar-refractivity contribution in [2.24, 2.45) is 5.92 Å². The number of hydrogen-bond donors (Lipinski definition) is 1. The smallest absolute Gasteiger partial charge is 0.254 e. The van der Waals surface area contributed by atoms with Gasteiger partial charge in [0.2, 0.25) is 0 Å². The summed E-state index contributed by atoms with van der Waals surface area (Å²) in [5.74, 6) is 0.411. The standard InChI is InChI=1S/C14H17NO2/c16-13-7-6-12-8-11(13)9-15(12)14(17)10-4-2-1-3-5-10/h1-5,11-13,16H,6-9H2. The van der Waals surface area contributed by atoms with Crippen LogP contribution in [0.5, 0.6) is 0 Å². The zero-order valence-electron chi connectivity index (χ0n) is 9.75. The molecule has 3 nitrogen and oxygen atoms in total. The lowest BCUT2D eigenvalue weighted by molar-refractivity contribution is 0.0729. The summed E-state index contributed by atoms with van der Waals surface area (Å²) in [4.78, 5) is 14.3. The first-order valence-electron chi connectivity index (χ1n) is 6.30. The van der Waals surface area contributed by atoms with E-state index in [9.17, 15) is 9.90 Å². The number of likely N-dealkylation sites (tertiary alicyclic amines) is 1. The number of fused-ring (bicyclic) bond motifs is 2. The van der Waals surface area contributed by atoms with Gasteiger partial charge in [0.05, 0.1) is 6.10 Å². The zero-order chi connectivity index (χ0) is 11.8. The lowest BCUT2D eigenvalue weighted by Crippen LogP contribution is -2.35. The first-order valence-corrected chi connectivity index (χ1v) is 6.30. The van der Waals surface area contributed by atoms with Crippen LogP contribution in [0.15, 0.2) is 30.3 Å². The van der Waals surface area contributed by atoms with E-state index in [0.717, 1.165) is 31.4 Å². The number of rotatable bonds is 1. The van der Waals surface area contributed by atoms with Gasteiger partial charge in [0.15, 0.2) is 0 Å². The number of aliphatic hydroxyl groups is 1. The molecule has 90 valence electrons. The molecule has 3 atom stereocenters. The van der Waals surface area contributed by atoms with E-state index in [4.69, 9.17) is 0 Å². The molecule has 0 aromatic heterocycles. The Labute approximate surface area is 101 Å². The summed E-state index contributed by atoms with van der Waals surface area (Å²) in [5, 5.41) is 9.83. The summed E-state index contributed by atoms with van der Waals surface area (Å²) in [6.45, 7) is 0.722. The van der Waals surface area contributed by atoms with E-state index in [2.05, 4.69) is 0 Å². The Bertz CT molecular complexity index is 417. The van der Waals surface area contributed by atoms with Gasteiger partial charge in [0.1, 0.15) is 0 Å². The molecule has 0 radical (unpaired) electrons. The van der Waals surface area contributed by atoms with E-state index in [-0.39, 0.29) is 12.0 Å². The summed E-state index contributed by atoms with van der Waals surface area (Å²) < 4.78 is 0. The van der Waals surface area contributed by atoms with Crippen molar-refractivity contribution < 1.29 is 9.90 Å². The molecule has 1 saturated carbocycles. The summed E-state index contributed by atoms with van der Waals surface area (Å²) in [6, 6.07) is 9.77. The fourth-order valence-electron chi connectivity index (χ4n) is 3.10. The summed E-state index contributed by atoms with van der Waals surface area (Å²) in [5.41, 5.74) is 0.759. The van der Waals surface area contributed by atoms with Gasteiger partial charge < -0.3 is 10.0 Å². The molecule has 2 bridgehead atoms.